The van der Waals surface area contributed by atoms with Gasteiger partial charge in [0.2, 0.25) is 0 Å². The van der Waals surface area contributed by atoms with Gasteiger partial charge in [0.15, 0.2) is 17.1 Å². The first-order valence-corrected chi connectivity index (χ1v) is 9.87. The minimum Gasteiger partial charge on any atom is -0.289 e. The van der Waals surface area contributed by atoms with Crippen molar-refractivity contribution in [2.24, 2.45) is 0 Å². The summed E-state index contributed by atoms with van der Waals surface area (Å²) in [5.74, 6) is -0.0422. The third kappa shape index (κ3) is 2.93. The lowest BCUT2D eigenvalue weighted by Crippen LogP contribution is -2.01. The third-order valence-corrected chi connectivity index (χ3v) is 5.27. The van der Waals surface area contributed by atoms with E-state index in [2.05, 4.69) is 9.97 Å². The highest BCUT2D eigenvalue weighted by atomic mass is 16.1. The van der Waals surface area contributed by atoms with Crippen molar-refractivity contribution in [1.82, 2.24) is 24.3 Å². The summed E-state index contributed by atoms with van der Waals surface area (Å²) < 4.78 is 1.91. The van der Waals surface area contributed by atoms with Crippen LogP contribution < -0.4 is 0 Å². The first-order chi connectivity index (χ1) is 15.3. The van der Waals surface area contributed by atoms with Gasteiger partial charge in [0, 0.05) is 29.1 Å². The molecule has 0 aliphatic rings. The molecule has 31 heavy (non-hydrogen) atoms. The smallest absolute Gasteiger partial charge is 0.198 e. The first-order valence-electron chi connectivity index (χ1n) is 9.87. The van der Waals surface area contributed by atoms with Gasteiger partial charge in [0.1, 0.15) is 5.65 Å². The molecule has 6 heteroatoms. The van der Waals surface area contributed by atoms with Gasteiger partial charge in [0.05, 0.1) is 16.7 Å². The Labute approximate surface area is 176 Å². The van der Waals surface area contributed by atoms with Crippen LogP contribution in [0.1, 0.15) is 15.9 Å². The molecule has 0 saturated heterocycles. The Hall–Kier alpha value is -4.45. The number of hydrogen-bond acceptors (Lipinski definition) is 5. The molecule has 0 aliphatic heterocycles. The summed E-state index contributed by atoms with van der Waals surface area (Å²) >= 11 is 0. The summed E-state index contributed by atoms with van der Waals surface area (Å²) in [5.41, 5.74) is 6.40. The van der Waals surface area contributed by atoms with Crippen LogP contribution in [0, 0.1) is 0 Å². The van der Waals surface area contributed by atoms with Gasteiger partial charge in [-0.15, -0.1) is 0 Å². The van der Waals surface area contributed by atoms with Crippen molar-refractivity contribution in [3.63, 3.8) is 0 Å². The molecule has 0 unspecified atom stereocenters. The topological polar surface area (TPSA) is 73.0 Å². The molecule has 0 fully saturated rings. The van der Waals surface area contributed by atoms with Crippen LogP contribution in [0.4, 0.5) is 0 Å². The van der Waals surface area contributed by atoms with Gasteiger partial charge >= 0.3 is 0 Å². The molecule has 0 radical (unpaired) electrons. The average molecular weight is 401 g/mol. The molecule has 0 spiro atoms. The van der Waals surface area contributed by atoms with Crippen LogP contribution in [0.15, 0.2) is 91.3 Å². The van der Waals surface area contributed by atoms with Gasteiger partial charge in [-0.1, -0.05) is 36.4 Å². The lowest BCUT2D eigenvalue weighted by molar-refractivity contribution is 0.103. The van der Waals surface area contributed by atoms with Crippen molar-refractivity contribution < 1.29 is 4.79 Å². The molecule has 4 heterocycles. The summed E-state index contributed by atoms with van der Waals surface area (Å²) in [7, 11) is 0. The maximum Gasteiger partial charge on any atom is 0.198 e. The number of aromatic nitrogens is 5. The fraction of sp³-hybridized carbons (Fsp3) is 0. The summed E-state index contributed by atoms with van der Waals surface area (Å²) in [6.45, 7) is 0. The molecular weight excluding hydrogens is 386 g/mol. The zero-order valence-corrected chi connectivity index (χ0v) is 16.3. The van der Waals surface area contributed by atoms with E-state index in [1.807, 2.05) is 77.3 Å². The van der Waals surface area contributed by atoms with E-state index in [-0.39, 0.29) is 5.78 Å². The lowest BCUT2D eigenvalue weighted by Gasteiger charge is -2.03. The molecule has 6 rings (SSSR count). The predicted octanol–water partition coefficient (Wildman–Crippen LogP) is 4.72. The monoisotopic (exact) mass is 401 g/mol. The second kappa shape index (κ2) is 6.81. The van der Waals surface area contributed by atoms with Crippen molar-refractivity contribution in [2.45, 2.75) is 0 Å². The van der Waals surface area contributed by atoms with E-state index in [9.17, 15) is 4.79 Å². The number of benzene rings is 2. The second-order valence-electron chi connectivity index (χ2n) is 7.24. The van der Waals surface area contributed by atoms with Gasteiger partial charge in [-0.05, 0) is 42.5 Å². The van der Waals surface area contributed by atoms with Gasteiger partial charge in [0.25, 0.3) is 0 Å². The number of pyridine rings is 2. The summed E-state index contributed by atoms with van der Waals surface area (Å²) in [4.78, 5) is 31.3. The number of fused-ring (bicyclic) bond motifs is 4. The SMILES string of the molecule is O=C(c1ccccc1)c1ccc2nc3c(nc2c1)nc1cc(-c2ccccn2)ccn13. The fourth-order valence-corrected chi connectivity index (χ4v) is 3.72. The van der Waals surface area contributed by atoms with Crippen molar-refractivity contribution in [1.29, 1.82) is 0 Å². The van der Waals surface area contributed by atoms with Gasteiger partial charge in [-0.2, -0.15) is 0 Å². The van der Waals surface area contributed by atoms with Crippen molar-refractivity contribution in [3.05, 3.63) is 102 Å². The standard InChI is InChI=1S/C25H15N5O/c31-23(16-6-2-1-3-7-16)18-9-10-20-21(14-18)27-24-25(28-20)30-13-11-17(15-22(30)29-24)19-8-4-5-12-26-19/h1-15H. The Morgan fingerprint density at radius 2 is 1.61 bits per heavy atom. The normalized spacial score (nSPS) is 11.4. The average Bonchev–Trinajstić information content (AvgIpc) is 3.19. The molecule has 0 bridgehead atoms. The van der Waals surface area contributed by atoms with Crippen LogP contribution in [-0.2, 0) is 0 Å². The summed E-state index contributed by atoms with van der Waals surface area (Å²) in [6.07, 6.45) is 3.70. The fourth-order valence-electron chi connectivity index (χ4n) is 3.72. The van der Waals surface area contributed by atoms with Crippen molar-refractivity contribution in [2.75, 3.05) is 0 Å². The molecule has 0 aliphatic carbocycles. The molecule has 2 aromatic carbocycles. The van der Waals surface area contributed by atoms with E-state index in [4.69, 9.17) is 9.97 Å². The van der Waals surface area contributed by atoms with E-state index in [1.54, 1.807) is 18.3 Å². The third-order valence-electron chi connectivity index (χ3n) is 5.27. The molecule has 0 amide bonds. The highest BCUT2D eigenvalue weighted by Gasteiger charge is 2.14. The van der Waals surface area contributed by atoms with Crippen molar-refractivity contribution >= 4 is 33.8 Å². The number of nitrogens with zero attached hydrogens (tertiary/aromatic N) is 5. The van der Waals surface area contributed by atoms with E-state index >= 15 is 0 Å². The highest BCUT2D eigenvalue weighted by Crippen LogP contribution is 2.23. The number of rotatable bonds is 3. The minimum atomic E-state index is -0.0422. The molecule has 146 valence electrons. The number of imidazole rings is 1. The maximum absolute atomic E-state index is 12.8. The maximum atomic E-state index is 12.8. The quantitative estimate of drug-likeness (QED) is 0.401. The van der Waals surface area contributed by atoms with E-state index in [0.717, 1.165) is 16.9 Å². The largest absolute Gasteiger partial charge is 0.289 e. The molecular formula is C25H15N5O. The minimum absolute atomic E-state index is 0.0422. The van der Waals surface area contributed by atoms with Crippen LogP contribution in [0.3, 0.4) is 0 Å². The number of hydrogen-bond donors (Lipinski definition) is 0. The van der Waals surface area contributed by atoms with Crippen LogP contribution in [-0.4, -0.2) is 30.1 Å². The zero-order valence-electron chi connectivity index (χ0n) is 16.3. The van der Waals surface area contributed by atoms with Crippen LogP contribution >= 0.6 is 0 Å². The second-order valence-corrected chi connectivity index (χ2v) is 7.24. The molecule has 6 aromatic rings. The summed E-state index contributed by atoms with van der Waals surface area (Å²) in [6, 6.07) is 24.4. The number of carbonyl (C=O) groups is 1. The van der Waals surface area contributed by atoms with Gasteiger partial charge < -0.3 is 0 Å². The van der Waals surface area contributed by atoms with Gasteiger partial charge in [-0.25, -0.2) is 15.0 Å². The highest BCUT2D eigenvalue weighted by molar-refractivity contribution is 6.10. The van der Waals surface area contributed by atoms with E-state index < -0.39 is 0 Å². The van der Waals surface area contributed by atoms with E-state index in [1.165, 1.54) is 0 Å². The zero-order chi connectivity index (χ0) is 20.8. The summed E-state index contributed by atoms with van der Waals surface area (Å²) in [5, 5.41) is 0. The molecule has 0 atom stereocenters. The Kier molecular flexibility index (Phi) is 3.83. The predicted molar refractivity (Wildman–Crippen MR) is 119 cm³/mol. The van der Waals surface area contributed by atoms with Crippen LogP contribution in [0.2, 0.25) is 0 Å². The Morgan fingerprint density at radius 3 is 2.45 bits per heavy atom. The lowest BCUT2D eigenvalue weighted by atomic mass is 10.0. The number of carbonyl (C=O) groups excluding carboxylic acids is 1. The Bertz CT molecular complexity index is 1590. The van der Waals surface area contributed by atoms with Crippen molar-refractivity contribution in [3.8, 4) is 11.3 Å². The van der Waals surface area contributed by atoms with Crippen LogP contribution in [0.5, 0.6) is 0 Å². The molecule has 6 nitrogen and oxygen atoms in total. The van der Waals surface area contributed by atoms with Gasteiger partial charge in [-0.3, -0.25) is 14.2 Å². The van der Waals surface area contributed by atoms with Crippen LogP contribution in [0.25, 0.3) is 39.2 Å². The molecule has 0 saturated carbocycles. The Morgan fingerprint density at radius 1 is 0.742 bits per heavy atom. The molecule has 4 aromatic heterocycles. The number of ketones is 1. The Balaban J connectivity index is 1.48. The van der Waals surface area contributed by atoms with E-state index in [0.29, 0.717) is 33.5 Å². The molecule has 0 N–H and O–H groups in total. The first kappa shape index (κ1) is 17.4.